The Labute approximate surface area is 111 Å². The lowest BCUT2D eigenvalue weighted by molar-refractivity contribution is 0.0587. The van der Waals surface area contributed by atoms with Crippen molar-refractivity contribution in [2.75, 3.05) is 13.7 Å². The number of carbonyl (C=O) groups is 1. The first kappa shape index (κ1) is 13.1. The quantitative estimate of drug-likeness (QED) is 0.773. The molecule has 19 heavy (non-hydrogen) atoms. The minimum absolute atomic E-state index is 0.384. The van der Waals surface area contributed by atoms with Crippen LogP contribution in [0.2, 0.25) is 0 Å². The van der Waals surface area contributed by atoms with Gasteiger partial charge in [0.2, 0.25) is 5.88 Å². The highest BCUT2D eigenvalue weighted by atomic mass is 16.5. The fourth-order valence-corrected chi connectivity index (χ4v) is 1.76. The van der Waals surface area contributed by atoms with E-state index in [-0.39, 0.29) is 0 Å². The van der Waals surface area contributed by atoms with E-state index in [4.69, 9.17) is 9.47 Å². The lowest BCUT2D eigenvalue weighted by Crippen LogP contribution is -2.12. The Morgan fingerprint density at radius 1 is 1.32 bits per heavy atom. The summed E-state index contributed by atoms with van der Waals surface area (Å²) >= 11 is 0. The predicted octanol–water partition coefficient (Wildman–Crippen LogP) is 2.12. The van der Waals surface area contributed by atoms with E-state index in [1.54, 1.807) is 10.7 Å². The van der Waals surface area contributed by atoms with E-state index < -0.39 is 5.97 Å². The van der Waals surface area contributed by atoms with Crippen molar-refractivity contribution >= 4 is 5.97 Å². The number of rotatable bonds is 5. The molecule has 5 nitrogen and oxygen atoms in total. The number of esters is 1. The average Bonchev–Trinajstić information content (AvgIpc) is 2.82. The van der Waals surface area contributed by atoms with Gasteiger partial charge in [-0.25, -0.2) is 9.48 Å². The summed E-state index contributed by atoms with van der Waals surface area (Å²) in [5.41, 5.74) is 1.44. The van der Waals surface area contributed by atoms with Crippen molar-refractivity contribution in [2.24, 2.45) is 0 Å². The molecule has 2 rings (SSSR count). The number of hydrogen-bond acceptors (Lipinski definition) is 4. The maximum atomic E-state index is 11.7. The van der Waals surface area contributed by atoms with Crippen LogP contribution < -0.4 is 4.74 Å². The minimum atomic E-state index is -0.422. The van der Waals surface area contributed by atoms with Crippen LogP contribution in [0.3, 0.4) is 0 Å². The smallest absolute Gasteiger partial charge is 0.356 e. The first-order valence-corrected chi connectivity index (χ1v) is 6.07. The van der Waals surface area contributed by atoms with Gasteiger partial charge >= 0.3 is 5.97 Å². The van der Waals surface area contributed by atoms with Crippen molar-refractivity contribution in [2.45, 2.75) is 13.5 Å². The van der Waals surface area contributed by atoms with Gasteiger partial charge in [-0.1, -0.05) is 30.3 Å². The highest BCUT2D eigenvalue weighted by Crippen LogP contribution is 2.15. The SMILES string of the molecule is CCOc1cc(C(=O)OC)n(Cc2ccccc2)n1. The molecule has 0 fully saturated rings. The van der Waals surface area contributed by atoms with Crippen molar-refractivity contribution < 1.29 is 14.3 Å². The molecule has 0 spiro atoms. The summed E-state index contributed by atoms with van der Waals surface area (Å²) in [6.07, 6.45) is 0. The molecular formula is C14H16N2O3. The average molecular weight is 260 g/mol. The van der Waals surface area contributed by atoms with Crippen LogP contribution in [0.4, 0.5) is 0 Å². The molecule has 0 aliphatic rings. The number of methoxy groups -OCH3 is 1. The monoisotopic (exact) mass is 260 g/mol. The zero-order chi connectivity index (χ0) is 13.7. The molecule has 0 aliphatic carbocycles. The van der Waals surface area contributed by atoms with Crippen LogP contribution in [0, 0.1) is 0 Å². The van der Waals surface area contributed by atoms with Gasteiger partial charge in [-0.3, -0.25) is 0 Å². The standard InChI is InChI=1S/C14H16N2O3/c1-3-19-13-9-12(14(17)18-2)16(15-13)10-11-7-5-4-6-8-11/h4-9H,3,10H2,1-2H3. The first-order valence-electron chi connectivity index (χ1n) is 6.07. The van der Waals surface area contributed by atoms with Crippen LogP contribution in [0.5, 0.6) is 5.88 Å². The third-order valence-corrected chi connectivity index (χ3v) is 2.62. The molecule has 1 heterocycles. The topological polar surface area (TPSA) is 53.4 Å². The largest absolute Gasteiger partial charge is 0.477 e. The zero-order valence-electron chi connectivity index (χ0n) is 11.0. The number of aromatic nitrogens is 2. The van der Waals surface area contributed by atoms with Gasteiger partial charge in [0.05, 0.1) is 20.3 Å². The fraction of sp³-hybridized carbons (Fsp3) is 0.286. The summed E-state index contributed by atoms with van der Waals surface area (Å²) < 4.78 is 11.7. The van der Waals surface area contributed by atoms with Crippen LogP contribution >= 0.6 is 0 Å². The van der Waals surface area contributed by atoms with Gasteiger partial charge in [-0.05, 0) is 12.5 Å². The Kier molecular flexibility index (Phi) is 4.18. The summed E-state index contributed by atoms with van der Waals surface area (Å²) in [5, 5.41) is 4.26. The second kappa shape index (κ2) is 6.04. The molecule has 0 bridgehead atoms. The molecule has 2 aromatic rings. The maximum Gasteiger partial charge on any atom is 0.356 e. The Morgan fingerprint density at radius 3 is 2.68 bits per heavy atom. The summed E-state index contributed by atoms with van der Waals surface area (Å²) in [6, 6.07) is 11.4. The van der Waals surface area contributed by atoms with E-state index in [0.29, 0.717) is 24.7 Å². The Balaban J connectivity index is 2.29. The molecule has 0 atom stereocenters. The molecule has 5 heteroatoms. The van der Waals surface area contributed by atoms with E-state index in [1.165, 1.54) is 7.11 Å². The van der Waals surface area contributed by atoms with Gasteiger partial charge in [0.25, 0.3) is 0 Å². The van der Waals surface area contributed by atoms with Gasteiger partial charge in [-0.2, -0.15) is 0 Å². The zero-order valence-corrected chi connectivity index (χ0v) is 11.0. The molecule has 0 saturated heterocycles. The van der Waals surface area contributed by atoms with E-state index in [9.17, 15) is 4.79 Å². The van der Waals surface area contributed by atoms with E-state index in [1.807, 2.05) is 37.3 Å². The molecule has 1 aromatic carbocycles. The van der Waals surface area contributed by atoms with Gasteiger partial charge in [0.15, 0.2) is 5.69 Å². The highest BCUT2D eigenvalue weighted by Gasteiger charge is 2.16. The van der Waals surface area contributed by atoms with Crippen molar-refractivity contribution in [3.63, 3.8) is 0 Å². The second-order valence-corrected chi connectivity index (χ2v) is 3.94. The fourth-order valence-electron chi connectivity index (χ4n) is 1.76. The third-order valence-electron chi connectivity index (χ3n) is 2.62. The second-order valence-electron chi connectivity index (χ2n) is 3.94. The molecule has 0 aliphatic heterocycles. The first-order chi connectivity index (χ1) is 9.24. The van der Waals surface area contributed by atoms with Crippen molar-refractivity contribution in [1.82, 2.24) is 9.78 Å². The lowest BCUT2D eigenvalue weighted by Gasteiger charge is -2.05. The summed E-state index contributed by atoms with van der Waals surface area (Å²) in [4.78, 5) is 11.7. The highest BCUT2D eigenvalue weighted by molar-refractivity contribution is 5.87. The molecule has 0 N–H and O–H groups in total. The summed E-state index contributed by atoms with van der Waals surface area (Å²) in [5.74, 6) is 0.00761. The Bertz CT molecular complexity index is 549. The van der Waals surface area contributed by atoms with Gasteiger partial charge in [-0.15, -0.1) is 5.10 Å². The molecule has 0 amide bonds. The Morgan fingerprint density at radius 2 is 2.05 bits per heavy atom. The molecule has 1 aromatic heterocycles. The van der Waals surface area contributed by atoms with Crippen molar-refractivity contribution in [3.8, 4) is 5.88 Å². The van der Waals surface area contributed by atoms with Crippen LogP contribution in [-0.2, 0) is 11.3 Å². The lowest BCUT2D eigenvalue weighted by atomic mass is 10.2. The predicted molar refractivity (Wildman–Crippen MR) is 70.3 cm³/mol. The van der Waals surface area contributed by atoms with Crippen molar-refractivity contribution in [3.05, 3.63) is 47.7 Å². The number of carbonyl (C=O) groups excluding carboxylic acids is 1. The minimum Gasteiger partial charge on any atom is -0.477 e. The summed E-state index contributed by atoms with van der Waals surface area (Å²) in [6.45, 7) is 2.87. The number of hydrogen-bond donors (Lipinski definition) is 0. The van der Waals surface area contributed by atoms with E-state index in [2.05, 4.69) is 5.10 Å². The van der Waals surface area contributed by atoms with Gasteiger partial charge < -0.3 is 9.47 Å². The number of ether oxygens (including phenoxy) is 2. The van der Waals surface area contributed by atoms with E-state index >= 15 is 0 Å². The van der Waals surface area contributed by atoms with Gasteiger partial charge in [0.1, 0.15) is 0 Å². The molecule has 0 saturated carbocycles. The third kappa shape index (κ3) is 3.13. The molecule has 100 valence electrons. The molecule has 0 unspecified atom stereocenters. The normalized spacial score (nSPS) is 10.2. The van der Waals surface area contributed by atoms with Crippen LogP contribution in [0.1, 0.15) is 23.0 Å². The number of benzene rings is 1. The maximum absolute atomic E-state index is 11.7. The van der Waals surface area contributed by atoms with E-state index in [0.717, 1.165) is 5.56 Å². The number of nitrogens with zero attached hydrogens (tertiary/aromatic N) is 2. The van der Waals surface area contributed by atoms with Crippen LogP contribution in [0.15, 0.2) is 36.4 Å². The molecular weight excluding hydrogens is 244 g/mol. The summed E-state index contributed by atoms with van der Waals surface area (Å²) in [7, 11) is 1.35. The van der Waals surface area contributed by atoms with Crippen LogP contribution in [-0.4, -0.2) is 29.5 Å². The van der Waals surface area contributed by atoms with Crippen LogP contribution in [0.25, 0.3) is 0 Å². The molecule has 0 radical (unpaired) electrons. The van der Waals surface area contributed by atoms with Gasteiger partial charge in [0, 0.05) is 6.07 Å². The van der Waals surface area contributed by atoms with Crippen molar-refractivity contribution in [1.29, 1.82) is 0 Å². The Hall–Kier alpha value is -2.30.